The summed E-state index contributed by atoms with van der Waals surface area (Å²) in [5.74, 6) is -1.33. The van der Waals surface area contributed by atoms with Crippen LogP contribution in [-0.2, 0) is 0 Å². The maximum atomic E-state index is 13.2. The van der Waals surface area contributed by atoms with Crippen molar-refractivity contribution in [3.8, 4) is 11.3 Å². The number of nitrogens with zero attached hydrogens (tertiary/aromatic N) is 1. The van der Waals surface area contributed by atoms with E-state index in [-0.39, 0.29) is 17.3 Å². The lowest BCUT2D eigenvalue weighted by Crippen LogP contribution is -1.87. The Labute approximate surface area is 78.2 Å². The Morgan fingerprint density at radius 2 is 2.07 bits per heavy atom. The number of aromatic nitrogens is 1. The number of nitrogen functional groups attached to an aromatic ring is 1. The second-order valence-corrected chi connectivity index (χ2v) is 2.70. The van der Waals surface area contributed by atoms with E-state index in [0.29, 0.717) is 0 Å². The largest absolute Gasteiger partial charge is 0.432 e. The SMILES string of the molecule is Nc1nc(-c2ccc(F)cc2F)co1. The molecule has 1 aromatic carbocycles. The van der Waals surface area contributed by atoms with E-state index in [0.717, 1.165) is 12.1 Å². The molecule has 0 saturated heterocycles. The van der Waals surface area contributed by atoms with Crippen molar-refractivity contribution in [2.24, 2.45) is 0 Å². The fraction of sp³-hybridized carbons (Fsp3) is 0. The predicted molar refractivity (Wildman–Crippen MR) is 46.3 cm³/mol. The fourth-order valence-electron chi connectivity index (χ4n) is 1.11. The number of hydrogen-bond donors (Lipinski definition) is 1. The third kappa shape index (κ3) is 1.44. The van der Waals surface area contributed by atoms with Gasteiger partial charge in [-0.05, 0) is 12.1 Å². The molecule has 0 amide bonds. The van der Waals surface area contributed by atoms with Gasteiger partial charge in [0.25, 0.3) is 6.01 Å². The zero-order valence-electron chi connectivity index (χ0n) is 7.00. The minimum Gasteiger partial charge on any atom is -0.432 e. The molecule has 2 N–H and O–H groups in total. The molecule has 2 aromatic rings. The molecule has 1 aromatic heterocycles. The number of anilines is 1. The zero-order chi connectivity index (χ0) is 10.1. The van der Waals surface area contributed by atoms with Crippen molar-refractivity contribution < 1.29 is 13.2 Å². The number of rotatable bonds is 1. The maximum Gasteiger partial charge on any atom is 0.292 e. The third-order valence-electron chi connectivity index (χ3n) is 1.73. The van der Waals surface area contributed by atoms with Crippen LogP contribution in [0.1, 0.15) is 0 Å². The van der Waals surface area contributed by atoms with E-state index < -0.39 is 11.6 Å². The highest BCUT2D eigenvalue weighted by atomic mass is 19.1. The molecule has 0 saturated carbocycles. The molecule has 1 heterocycles. The molecular weight excluding hydrogens is 190 g/mol. The molecule has 2 rings (SSSR count). The lowest BCUT2D eigenvalue weighted by Gasteiger charge is -1.97. The second-order valence-electron chi connectivity index (χ2n) is 2.70. The number of nitrogens with two attached hydrogens (primary N) is 1. The van der Waals surface area contributed by atoms with Crippen molar-refractivity contribution in [1.82, 2.24) is 4.98 Å². The maximum absolute atomic E-state index is 13.2. The van der Waals surface area contributed by atoms with Gasteiger partial charge in [0.15, 0.2) is 0 Å². The number of hydrogen-bond acceptors (Lipinski definition) is 3. The molecule has 0 atom stereocenters. The van der Waals surface area contributed by atoms with Gasteiger partial charge < -0.3 is 10.2 Å². The normalized spacial score (nSPS) is 10.4. The van der Waals surface area contributed by atoms with E-state index in [4.69, 9.17) is 10.2 Å². The van der Waals surface area contributed by atoms with Gasteiger partial charge in [-0.15, -0.1) is 0 Å². The van der Waals surface area contributed by atoms with Crippen LogP contribution in [0.15, 0.2) is 28.9 Å². The minimum absolute atomic E-state index is 0.0521. The Bertz CT molecular complexity index is 468. The minimum atomic E-state index is -0.696. The third-order valence-corrected chi connectivity index (χ3v) is 1.73. The molecule has 5 heteroatoms. The Morgan fingerprint density at radius 3 is 2.64 bits per heavy atom. The van der Waals surface area contributed by atoms with Crippen LogP contribution in [0.2, 0.25) is 0 Å². The second kappa shape index (κ2) is 3.10. The first kappa shape index (κ1) is 8.68. The molecule has 0 radical (unpaired) electrons. The van der Waals surface area contributed by atoms with Crippen LogP contribution in [0, 0.1) is 11.6 Å². The van der Waals surface area contributed by atoms with E-state index in [1.165, 1.54) is 12.3 Å². The van der Waals surface area contributed by atoms with Gasteiger partial charge in [0, 0.05) is 11.6 Å². The van der Waals surface area contributed by atoms with E-state index in [1.54, 1.807) is 0 Å². The average Bonchev–Trinajstić information content (AvgIpc) is 2.51. The fourth-order valence-corrected chi connectivity index (χ4v) is 1.11. The molecule has 14 heavy (non-hydrogen) atoms. The number of oxazole rings is 1. The first-order valence-corrected chi connectivity index (χ1v) is 3.83. The Hall–Kier alpha value is -1.91. The highest BCUT2D eigenvalue weighted by Crippen LogP contribution is 2.23. The van der Waals surface area contributed by atoms with Gasteiger partial charge in [0.2, 0.25) is 0 Å². The van der Waals surface area contributed by atoms with Crippen molar-refractivity contribution in [3.05, 3.63) is 36.1 Å². The van der Waals surface area contributed by atoms with Gasteiger partial charge >= 0.3 is 0 Å². The molecule has 0 fully saturated rings. The summed E-state index contributed by atoms with van der Waals surface area (Å²) in [6, 6.07) is 3.15. The van der Waals surface area contributed by atoms with Crippen molar-refractivity contribution >= 4 is 6.01 Å². The summed E-state index contributed by atoms with van der Waals surface area (Å²) >= 11 is 0. The Balaban J connectivity index is 2.52. The van der Waals surface area contributed by atoms with Gasteiger partial charge in [0.1, 0.15) is 23.6 Å². The van der Waals surface area contributed by atoms with Crippen LogP contribution in [-0.4, -0.2) is 4.98 Å². The first-order chi connectivity index (χ1) is 6.66. The van der Waals surface area contributed by atoms with Crippen LogP contribution in [0.4, 0.5) is 14.8 Å². The van der Waals surface area contributed by atoms with Crippen molar-refractivity contribution in [2.45, 2.75) is 0 Å². The Kier molecular flexibility index (Phi) is 1.92. The van der Waals surface area contributed by atoms with Crippen LogP contribution in [0.25, 0.3) is 11.3 Å². The molecule has 0 unspecified atom stereocenters. The van der Waals surface area contributed by atoms with Crippen LogP contribution in [0.3, 0.4) is 0 Å². The quantitative estimate of drug-likeness (QED) is 0.760. The lowest BCUT2D eigenvalue weighted by molar-refractivity contribution is 0.578. The molecule has 0 bridgehead atoms. The Morgan fingerprint density at radius 1 is 1.29 bits per heavy atom. The summed E-state index contributed by atoms with van der Waals surface area (Å²) in [7, 11) is 0. The number of halogens is 2. The summed E-state index contributed by atoms with van der Waals surface area (Å²) in [6.45, 7) is 0. The van der Waals surface area contributed by atoms with Crippen molar-refractivity contribution in [1.29, 1.82) is 0 Å². The summed E-state index contributed by atoms with van der Waals surface area (Å²) in [5, 5.41) is 0. The molecule has 0 aliphatic heterocycles. The van der Waals surface area contributed by atoms with Gasteiger partial charge in [0.05, 0.1) is 0 Å². The summed E-state index contributed by atoms with van der Waals surface area (Å²) < 4.78 is 30.5. The van der Waals surface area contributed by atoms with Gasteiger partial charge in [-0.3, -0.25) is 0 Å². The van der Waals surface area contributed by atoms with E-state index in [2.05, 4.69) is 4.98 Å². The highest BCUT2D eigenvalue weighted by Gasteiger charge is 2.09. The summed E-state index contributed by atoms with van der Waals surface area (Å²) in [4.78, 5) is 3.72. The van der Waals surface area contributed by atoms with Crippen LogP contribution in [0.5, 0.6) is 0 Å². The monoisotopic (exact) mass is 196 g/mol. The molecule has 0 spiro atoms. The van der Waals surface area contributed by atoms with Gasteiger partial charge in [-0.25, -0.2) is 8.78 Å². The molecule has 3 nitrogen and oxygen atoms in total. The van der Waals surface area contributed by atoms with E-state index >= 15 is 0 Å². The van der Waals surface area contributed by atoms with Crippen molar-refractivity contribution in [3.63, 3.8) is 0 Å². The highest BCUT2D eigenvalue weighted by molar-refractivity contribution is 5.59. The first-order valence-electron chi connectivity index (χ1n) is 3.83. The summed E-state index contributed by atoms with van der Waals surface area (Å²) in [6.07, 6.45) is 1.21. The smallest absolute Gasteiger partial charge is 0.292 e. The van der Waals surface area contributed by atoms with E-state index in [9.17, 15) is 8.78 Å². The molecule has 0 aliphatic rings. The molecule has 0 aliphatic carbocycles. The molecular formula is C9H6F2N2O. The zero-order valence-corrected chi connectivity index (χ0v) is 7.00. The van der Waals surface area contributed by atoms with Crippen LogP contribution < -0.4 is 5.73 Å². The average molecular weight is 196 g/mol. The molecule has 72 valence electrons. The predicted octanol–water partition coefficient (Wildman–Crippen LogP) is 2.20. The standard InChI is InChI=1S/C9H6F2N2O/c10-5-1-2-6(7(11)3-5)8-4-14-9(12)13-8/h1-4H,(H2,12,13). The van der Waals surface area contributed by atoms with Gasteiger partial charge in [-0.1, -0.05) is 0 Å². The van der Waals surface area contributed by atoms with Crippen LogP contribution >= 0.6 is 0 Å². The van der Waals surface area contributed by atoms with Gasteiger partial charge in [-0.2, -0.15) is 4.98 Å². The van der Waals surface area contributed by atoms with Crippen molar-refractivity contribution in [2.75, 3.05) is 5.73 Å². The van der Waals surface area contributed by atoms with E-state index in [1.807, 2.05) is 0 Å². The lowest BCUT2D eigenvalue weighted by atomic mass is 10.1. The number of benzene rings is 1. The summed E-state index contributed by atoms with van der Waals surface area (Å²) in [5.41, 5.74) is 5.63. The topological polar surface area (TPSA) is 52.0 Å².